The molecule has 4 aromatic rings. The van der Waals surface area contributed by atoms with Crippen molar-refractivity contribution in [1.29, 1.82) is 0 Å². The van der Waals surface area contributed by atoms with E-state index in [1.165, 1.54) is 0 Å². The van der Waals surface area contributed by atoms with Crippen LogP contribution in [-0.4, -0.2) is 71.0 Å². The lowest BCUT2D eigenvalue weighted by Crippen LogP contribution is -2.59. The van der Waals surface area contributed by atoms with Gasteiger partial charge in [0.05, 0.1) is 36.1 Å². The molecule has 0 spiro atoms. The molecule has 0 radical (unpaired) electrons. The zero-order valence-electron chi connectivity index (χ0n) is 32.2. The van der Waals surface area contributed by atoms with E-state index < -0.39 is 46.6 Å². The van der Waals surface area contributed by atoms with Crippen LogP contribution in [0.2, 0.25) is 0 Å². The summed E-state index contributed by atoms with van der Waals surface area (Å²) in [7, 11) is 3.49. The summed E-state index contributed by atoms with van der Waals surface area (Å²) >= 11 is 0. The van der Waals surface area contributed by atoms with Crippen molar-refractivity contribution < 1.29 is 43.0 Å². The fourth-order valence-electron chi connectivity index (χ4n) is 8.63. The van der Waals surface area contributed by atoms with Crippen molar-refractivity contribution in [1.82, 2.24) is 10.1 Å². The molecule has 0 aliphatic heterocycles. The average Bonchev–Trinajstić information content (AvgIpc) is 3.60. The van der Waals surface area contributed by atoms with Crippen molar-refractivity contribution in [3.63, 3.8) is 0 Å². The molecule has 294 valence electrons. The van der Waals surface area contributed by atoms with Crippen LogP contribution in [0.1, 0.15) is 106 Å². The van der Waals surface area contributed by atoms with Gasteiger partial charge in [0.1, 0.15) is 17.1 Å². The second kappa shape index (κ2) is 16.0. The van der Waals surface area contributed by atoms with Gasteiger partial charge in [-0.3, -0.25) is 19.3 Å². The van der Waals surface area contributed by atoms with Gasteiger partial charge in [0, 0.05) is 30.1 Å². The maximum absolute atomic E-state index is 17.2. The van der Waals surface area contributed by atoms with Crippen molar-refractivity contribution in [2.75, 3.05) is 32.2 Å². The number of rotatable bonds is 15. The predicted molar refractivity (Wildman–Crippen MR) is 207 cm³/mol. The van der Waals surface area contributed by atoms with Gasteiger partial charge in [0.2, 0.25) is 5.78 Å². The molecule has 1 heterocycles. The Bertz CT molecular complexity index is 2110. The lowest BCUT2D eigenvalue weighted by molar-refractivity contribution is -0.0559. The topological polar surface area (TPSA) is 143 Å². The average molecular weight is 766 g/mol. The number of aldehydes is 1. The van der Waals surface area contributed by atoms with Crippen LogP contribution in [0.15, 0.2) is 76.5 Å². The van der Waals surface area contributed by atoms with Crippen LogP contribution in [0, 0.1) is 17.7 Å². The second-order valence-electron chi connectivity index (χ2n) is 15.2. The van der Waals surface area contributed by atoms with Gasteiger partial charge in [0.15, 0.2) is 29.2 Å². The van der Waals surface area contributed by atoms with Gasteiger partial charge in [-0.15, -0.1) is 0 Å². The molecule has 3 aliphatic carbocycles. The molecule has 0 amide bonds. The number of nitrogens with zero attached hydrogens (tertiary/aromatic N) is 3. The Labute approximate surface area is 325 Å². The van der Waals surface area contributed by atoms with Crippen molar-refractivity contribution in [3.8, 4) is 11.6 Å². The Morgan fingerprint density at radius 2 is 1.55 bits per heavy atom. The first-order chi connectivity index (χ1) is 27.1. The molecule has 0 saturated carbocycles. The van der Waals surface area contributed by atoms with Crippen molar-refractivity contribution in [3.05, 3.63) is 117 Å². The summed E-state index contributed by atoms with van der Waals surface area (Å²) < 4.78 is 35.1. The second-order valence-corrected chi connectivity index (χ2v) is 15.2. The number of aliphatic hydroxyl groups excluding tert-OH is 1. The number of unbranched alkanes of at least 4 members (excludes halogenated alkanes) is 2. The van der Waals surface area contributed by atoms with Crippen molar-refractivity contribution in [2.45, 2.75) is 77.1 Å². The number of carbonyl (C=O) groups is 3. The molecule has 3 aliphatic rings. The molecule has 0 saturated heterocycles. The number of allylic oxidation sites excluding steroid dienone is 1. The number of ketones is 2. The molecule has 11 nitrogen and oxygen atoms in total. The first-order valence-electron chi connectivity index (χ1n) is 19.4. The van der Waals surface area contributed by atoms with E-state index in [4.69, 9.17) is 14.0 Å². The normalized spacial score (nSPS) is 21.3. The maximum Gasteiger partial charge on any atom is 0.265 e. The molecule has 0 bridgehead atoms. The van der Waals surface area contributed by atoms with E-state index in [9.17, 15) is 19.8 Å². The standard InChI is InChI=1S/C44H48FN3O8/c1-5-7-19-54-39-33-29(35(45)30(25-49)36(39)48(23-26-15-11-9-12-16-26)24-27-17-13-10-14-18-27)21-28-22-31-37(47(3)4)40-34(43(46-56-40)55-20-8-6-2)42(52)44(31,53)41(51)32(28)38(33)50/h9-18,25,28,31,37,51,53H,5-8,19-24H2,1-4H3/t28-,31-,37-,44-/m0/s1. The third-order valence-electron chi connectivity index (χ3n) is 11.3. The van der Waals surface area contributed by atoms with E-state index in [1.54, 1.807) is 19.0 Å². The number of anilines is 1. The number of hydrogen-bond acceptors (Lipinski definition) is 11. The fraction of sp³-hybridized carbons (Fsp3) is 0.409. The van der Waals surface area contributed by atoms with Crippen LogP contribution in [0.3, 0.4) is 0 Å². The number of ether oxygens (including phenoxy) is 2. The Morgan fingerprint density at radius 1 is 0.946 bits per heavy atom. The number of aromatic nitrogens is 1. The minimum absolute atomic E-state index is 0.00536. The summed E-state index contributed by atoms with van der Waals surface area (Å²) in [5.74, 6) is -4.98. The minimum atomic E-state index is -2.55. The van der Waals surface area contributed by atoms with Crippen LogP contribution in [-0.2, 0) is 19.5 Å². The zero-order chi connectivity index (χ0) is 39.7. The maximum atomic E-state index is 17.2. The molecular weight excluding hydrogens is 717 g/mol. The van der Waals surface area contributed by atoms with Gasteiger partial charge in [-0.05, 0) is 62.0 Å². The molecule has 1 aromatic heterocycles. The van der Waals surface area contributed by atoms with Crippen LogP contribution >= 0.6 is 0 Å². The molecule has 3 aromatic carbocycles. The van der Waals surface area contributed by atoms with Crippen LogP contribution in [0.25, 0.3) is 0 Å². The quantitative estimate of drug-likeness (QED) is 0.0912. The molecule has 12 heteroatoms. The fourth-order valence-corrected chi connectivity index (χ4v) is 8.63. The van der Waals surface area contributed by atoms with Crippen LogP contribution in [0.4, 0.5) is 10.1 Å². The summed E-state index contributed by atoms with van der Waals surface area (Å²) in [6.07, 6.45) is 3.28. The number of Topliss-reactive ketones (excluding diaryl/α,β-unsaturated/α-hetero) is 2. The van der Waals surface area contributed by atoms with Gasteiger partial charge in [-0.2, -0.15) is 0 Å². The number of hydrogen-bond donors (Lipinski definition) is 2. The number of halogens is 1. The summed E-state index contributed by atoms with van der Waals surface area (Å²) in [6, 6.07) is 18.3. The number of carbonyl (C=O) groups excluding carboxylic acids is 3. The number of aliphatic hydroxyl groups is 2. The summed E-state index contributed by atoms with van der Waals surface area (Å²) in [5.41, 5.74) is -1.32. The Kier molecular flexibility index (Phi) is 11.1. The molecular formula is C44H48FN3O8. The lowest BCUT2D eigenvalue weighted by Gasteiger charge is -2.49. The minimum Gasteiger partial charge on any atom is -0.508 e. The largest absolute Gasteiger partial charge is 0.508 e. The summed E-state index contributed by atoms with van der Waals surface area (Å²) in [4.78, 5) is 46.2. The summed E-state index contributed by atoms with van der Waals surface area (Å²) in [5, 5.41) is 28.8. The van der Waals surface area contributed by atoms with E-state index in [2.05, 4.69) is 5.16 Å². The van der Waals surface area contributed by atoms with Gasteiger partial charge in [-0.25, -0.2) is 4.39 Å². The third kappa shape index (κ3) is 6.58. The lowest BCUT2D eigenvalue weighted by atomic mass is 9.58. The van der Waals surface area contributed by atoms with Crippen LogP contribution in [0.5, 0.6) is 11.6 Å². The zero-order valence-corrected chi connectivity index (χ0v) is 32.2. The highest BCUT2D eigenvalue weighted by molar-refractivity contribution is 6.17. The highest BCUT2D eigenvalue weighted by atomic mass is 19.1. The van der Waals surface area contributed by atoms with E-state index in [-0.39, 0.29) is 90.0 Å². The van der Waals surface area contributed by atoms with Crippen molar-refractivity contribution >= 4 is 23.5 Å². The van der Waals surface area contributed by atoms with Gasteiger partial charge in [-0.1, -0.05) is 87.4 Å². The van der Waals surface area contributed by atoms with E-state index in [0.29, 0.717) is 19.1 Å². The molecule has 7 rings (SSSR count). The molecule has 56 heavy (non-hydrogen) atoms. The first kappa shape index (κ1) is 38.9. The van der Waals surface area contributed by atoms with Gasteiger partial charge >= 0.3 is 0 Å². The smallest absolute Gasteiger partial charge is 0.265 e. The van der Waals surface area contributed by atoms with Crippen molar-refractivity contribution in [2.24, 2.45) is 11.8 Å². The Balaban J connectivity index is 1.42. The Hall–Kier alpha value is -5.33. The van der Waals surface area contributed by atoms with Gasteiger partial charge in [0.25, 0.3) is 5.88 Å². The highest BCUT2D eigenvalue weighted by Gasteiger charge is 2.64. The van der Waals surface area contributed by atoms with E-state index in [0.717, 1.165) is 24.0 Å². The monoisotopic (exact) mass is 765 g/mol. The molecule has 4 atom stereocenters. The number of fused-ring (bicyclic) bond motifs is 4. The van der Waals surface area contributed by atoms with E-state index >= 15 is 9.18 Å². The Morgan fingerprint density at radius 3 is 2.12 bits per heavy atom. The highest BCUT2D eigenvalue weighted by Crippen LogP contribution is 2.57. The summed E-state index contributed by atoms with van der Waals surface area (Å²) in [6.45, 7) is 4.88. The molecule has 0 unspecified atom stereocenters. The first-order valence-corrected chi connectivity index (χ1v) is 19.4. The molecule has 0 fully saturated rings. The van der Waals surface area contributed by atoms with Gasteiger partial charge < -0.3 is 29.1 Å². The molecule has 2 N–H and O–H groups in total. The third-order valence-corrected chi connectivity index (χ3v) is 11.3. The van der Waals surface area contributed by atoms with Crippen LogP contribution < -0.4 is 14.4 Å². The van der Waals surface area contributed by atoms with E-state index in [1.807, 2.05) is 79.4 Å². The predicted octanol–water partition coefficient (Wildman–Crippen LogP) is 7.61. The SMILES string of the molecule is CCCCOc1noc2c1C(=O)[C@@]1(O)C(O)=C3C(=O)c4c(c(F)c(C=O)c(N(Cc5ccccc5)Cc5ccccc5)c4OCCCC)C[C@H]3C[C@H]1[C@@H]2N(C)C. The number of benzene rings is 3.